The zero-order chi connectivity index (χ0) is 12.8. The van der Waals surface area contributed by atoms with Crippen LogP contribution in [0.4, 0.5) is 0 Å². The number of aliphatic hydroxyl groups excluding tert-OH is 1. The Balaban J connectivity index is 1.87. The van der Waals surface area contributed by atoms with Gasteiger partial charge in [-0.1, -0.05) is 19.3 Å². The van der Waals surface area contributed by atoms with Crippen LogP contribution in [0.1, 0.15) is 42.7 Å². The zero-order valence-corrected chi connectivity index (χ0v) is 12.1. The smallest absolute Gasteiger partial charge is 0.0797 e. The number of thiazole rings is 1. The van der Waals surface area contributed by atoms with Gasteiger partial charge in [0.1, 0.15) is 0 Å². The lowest BCUT2D eigenvalue weighted by Gasteiger charge is -2.33. The molecule has 0 amide bonds. The van der Waals surface area contributed by atoms with Crippen LogP contribution in [0.5, 0.6) is 0 Å². The van der Waals surface area contributed by atoms with E-state index in [2.05, 4.69) is 16.8 Å². The molecular formula is C14H24N2OS. The van der Waals surface area contributed by atoms with Gasteiger partial charge < -0.3 is 5.11 Å². The van der Waals surface area contributed by atoms with Crippen molar-refractivity contribution < 1.29 is 5.11 Å². The summed E-state index contributed by atoms with van der Waals surface area (Å²) < 4.78 is 0. The van der Waals surface area contributed by atoms with E-state index in [0.717, 1.165) is 19.5 Å². The lowest BCUT2D eigenvalue weighted by atomic mass is 9.94. The van der Waals surface area contributed by atoms with E-state index < -0.39 is 0 Å². The molecule has 0 aromatic carbocycles. The molecule has 3 nitrogen and oxygen atoms in total. The van der Waals surface area contributed by atoms with Crippen LogP contribution >= 0.6 is 11.3 Å². The minimum Gasteiger partial charge on any atom is -0.395 e. The lowest BCUT2D eigenvalue weighted by molar-refractivity contribution is 0.125. The summed E-state index contributed by atoms with van der Waals surface area (Å²) in [4.78, 5) is 8.19. The number of aryl methyl sites for hydroxylation is 1. The van der Waals surface area contributed by atoms with Crippen LogP contribution in [0.25, 0.3) is 0 Å². The summed E-state index contributed by atoms with van der Waals surface area (Å²) >= 11 is 1.76. The van der Waals surface area contributed by atoms with Crippen LogP contribution in [-0.2, 0) is 6.42 Å². The van der Waals surface area contributed by atoms with Gasteiger partial charge in [-0.2, -0.15) is 0 Å². The molecule has 0 spiro atoms. The molecule has 18 heavy (non-hydrogen) atoms. The van der Waals surface area contributed by atoms with Gasteiger partial charge in [-0.25, -0.2) is 4.98 Å². The van der Waals surface area contributed by atoms with Crippen molar-refractivity contribution in [3.8, 4) is 0 Å². The first-order valence-electron chi connectivity index (χ1n) is 7.05. The highest BCUT2D eigenvalue weighted by Gasteiger charge is 2.20. The molecule has 4 heteroatoms. The van der Waals surface area contributed by atoms with Gasteiger partial charge in [0, 0.05) is 24.0 Å². The fraction of sp³-hybridized carbons (Fsp3) is 0.786. The maximum absolute atomic E-state index is 9.23. The Morgan fingerprint density at radius 3 is 2.72 bits per heavy atom. The Kier molecular flexibility index (Phi) is 5.60. The Morgan fingerprint density at radius 1 is 1.33 bits per heavy atom. The SMILES string of the molecule is Cc1ncsc1CCN(CCO)C1CCCCC1. The minimum atomic E-state index is 0.276. The second kappa shape index (κ2) is 7.22. The number of nitrogens with zero attached hydrogens (tertiary/aromatic N) is 2. The van der Waals surface area contributed by atoms with Crippen LogP contribution in [0, 0.1) is 6.92 Å². The molecule has 0 radical (unpaired) electrons. The summed E-state index contributed by atoms with van der Waals surface area (Å²) in [6.07, 6.45) is 7.78. The van der Waals surface area contributed by atoms with Crippen molar-refractivity contribution in [1.82, 2.24) is 9.88 Å². The van der Waals surface area contributed by atoms with Crippen LogP contribution < -0.4 is 0 Å². The third kappa shape index (κ3) is 3.77. The first-order chi connectivity index (χ1) is 8.81. The van der Waals surface area contributed by atoms with Crippen LogP contribution in [0.15, 0.2) is 5.51 Å². The Hall–Kier alpha value is -0.450. The number of hydrogen-bond acceptors (Lipinski definition) is 4. The van der Waals surface area contributed by atoms with Crippen molar-refractivity contribution in [3.63, 3.8) is 0 Å². The molecule has 0 aliphatic heterocycles. The Bertz CT molecular complexity index is 347. The maximum Gasteiger partial charge on any atom is 0.0797 e. The molecule has 102 valence electrons. The molecule has 1 aliphatic carbocycles. The normalized spacial score (nSPS) is 17.5. The van der Waals surface area contributed by atoms with Crippen LogP contribution in [0.3, 0.4) is 0 Å². The molecular weight excluding hydrogens is 244 g/mol. The zero-order valence-electron chi connectivity index (χ0n) is 11.3. The number of hydrogen-bond donors (Lipinski definition) is 1. The highest BCUT2D eigenvalue weighted by molar-refractivity contribution is 7.09. The molecule has 0 unspecified atom stereocenters. The Labute approximate surface area is 114 Å². The fourth-order valence-electron chi connectivity index (χ4n) is 2.86. The first-order valence-corrected chi connectivity index (χ1v) is 7.93. The average molecular weight is 268 g/mol. The molecule has 0 bridgehead atoms. The third-order valence-electron chi connectivity index (χ3n) is 3.95. The first kappa shape index (κ1) is 14.0. The molecule has 1 aromatic rings. The van der Waals surface area contributed by atoms with Gasteiger partial charge in [0.15, 0.2) is 0 Å². The monoisotopic (exact) mass is 268 g/mol. The topological polar surface area (TPSA) is 36.4 Å². The molecule has 1 saturated carbocycles. The van der Waals surface area contributed by atoms with E-state index in [9.17, 15) is 5.11 Å². The molecule has 0 atom stereocenters. The van der Waals surface area contributed by atoms with Gasteiger partial charge in [-0.05, 0) is 26.2 Å². The van der Waals surface area contributed by atoms with Crippen molar-refractivity contribution in [2.24, 2.45) is 0 Å². The Morgan fingerprint density at radius 2 is 2.11 bits per heavy atom. The summed E-state index contributed by atoms with van der Waals surface area (Å²) in [6.45, 7) is 4.25. The van der Waals surface area contributed by atoms with Crippen LogP contribution in [-0.4, -0.2) is 40.7 Å². The van der Waals surface area contributed by atoms with E-state index >= 15 is 0 Å². The molecule has 1 aromatic heterocycles. The fourth-order valence-corrected chi connectivity index (χ4v) is 3.63. The third-order valence-corrected chi connectivity index (χ3v) is 4.94. The standard InChI is InChI=1S/C14H24N2OS/c1-12-14(18-11-15-12)7-8-16(9-10-17)13-5-3-2-4-6-13/h11,13,17H,2-10H2,1H3. The predicted molar refractivity (Wildman–Crippen MR) is 76.1 cm³/mol. The quantitative estimate of drug-likeness (QED) is 0.861. The van der Waals surface area contributed by atoms with Gasteiger partial charge in [-0.15, -0.1) is 11.3 Å². The molecule has 1 aliphatic rings. The summed E-state index contributed by atoms with van der Waals surface area (Å²) in [5, 5.41) is 9.23. The van der Waals surface area contributed by atoms with Gasteiger partial charge >= 0.3 is 0 Å². The van der Waals surface area contributed by atoms with Crippen molar-refractivity contribution in [1.29, 1.82) is 0 Å². The summed E-state index contributed by atoms with van der Waals surface area (Å²) in [6, 6.07) is 0.694. The number of rotatable bonds is 6. The van der Waals surface area contributed by atoms with E-state index in [1.807, 2.05) is 5.51 Å². The van der Waals surface area contributed by atoms with Crippen molar-refractivity contribution >= 4 is 11.3 Å². The second-order valence-electron chi connectivity index (χ2n) is 5.16. The van der Waals surface area contributed by atoms with E-state index in [4.69, 9.17) is 0 Å². The lowest BCUT2D eigenvalue weighted by Crippen LogP contribution is -2.40. The van der Waals surface area contributed by atoms with Crippen molar-refractivity contribution in [2.45, 2.75) is 51.5 Å². The molecule has 0 saturated heterocycles. The van der Waals surface area contributed by atoms with E-state index in [-0.39, 0.29) is 6.61 Å². The number of aliphatic hydroxyl groups is 1. The van der Waals surface area contributed by atoms with E-state index in [0.29, 0.717) is 6.04 Å². The summed E-state index contributed by atoms with van der Waals surface area (Å²) in [5.74, 6) is 0. The highest BCUT2D eigenvalue weighted by atomic mass is 32.1. The van der Waals surface area contributed by atoms with Crippen LogP contribution in [0.2, 0.25) is 0 Å². The second-order valence-corrected chi connectivity index (χ2v) is 6.10. The van der Waals surface area contributed by atoms with Gasteiger partial charge in [0.25, 0.3) is 0 Å². The predicted octanol–water partition coefficient (Wildman–Crippen LogP) is 2.62. The number of aromatic nitrogens is 1. The average Bonchev–Trinajstić information content (AvgIpc) is 2.81. The molecule has 1 heterocycles. The molecule has 1 fully saturated rings. The van der Waals surface area contributed by atoms with Gasteiger partial charge in [-0.3, -0.25) is 4.90 Å². The van der Waals surface area contributed by atoms with Gasteiger partial charge in [0.2, 0.25) is 0 Å². The van der Waals surface area contributed by atoms with Gasteiger partial charge in [0.05, 0.1) is 17.8 Å². The maximum atomic E-state index is 9.23. The summed E-state index contributed by atoms with van der Waals surface area (Å²) in [5.41, 5.74) is 3.11. The largest absolute Gasteiger partial charge is 0.395 e. The van der Waals surface area contributed by atoms with Crippen molar-refractivity contribution in [2.75, 3.05) is 19.7 Å². The minimum absolute atomic E-state index is 0.276. The molecule has 1 N–H and O–H groups in total. The molecule has 2 rings (SSSR count). The highest BCUT2D eigenvalue weighted by Crippen LogP contribution is 2.23. The summed E-state index contributed by atoms with van der Waals surface area (Å²) in [7, 11) is 0. The van der Waals surface area contributed by atoms with E-state index in [1.165, 1.54) is 42.7 Å². The van der Waals surface area contributed by atoms with E-state index in [1.54, 1.807) is 11.3 Å². The van der Waals surface area contributed by atoms with Crippen molar-refractivity contribution in [3.05, 3.63) is 16.1 Å².